The predicted octanol–water partition coefficient (Wildman–Crippen LogP) is 2.40. The number of hydrogen-bond donors (Lipinski definition) is 1. The van der Waals surface area contributed by atoms with Crippen LogP contribution in [0.3, 0.4) is 0 Å². The first-order valence-corrected chi connectivity index (χ1v) is 7.28. The van der Waals surface area contributed by atoms with Gasteiger partial charge in [-0.2, -0.15) is 5.26 Å². The van der Waals surface area contributed by atoms with Crippen LogP contribution in [0.4, 0.5) is 0 Å². The highest BCUT2D eigenvalue weighted by Gasteiger charge is 2.33. The molecule has 0 aromatic heterocycles. The minimum absolute atomic E-state index is 0.592. The minimum Gasteiger partial charge on any atom is -0.308 e. The molecular weight excluding hydrogens is 258 g/mol. The number of hydrogen-bond acceptors (Lipinski definition) is 3. The molecule has 1 aromatic carbocycles. The second kappa shape index (κ2) is 5.50. The second-order valence-electron chi connectivity index (χ2n) is 5.54. The van der Waals surface area contributed by atoms with E-state index in [0.29, 0.717) is 16.6 Å². The molecule has 4 heteroatoms. The van der Waals surface area contributed by atoms with E-state index in [2.05, 4.69) is 16.3 Å². The molecule has 4 rings (SSSR count). The smallest absolute Gasteiger partial charge is 0.0992 e. The molecule has 1 aromatic rings. The van der Waals surface area contributed by atoms with E-state index in [0.717, 1.165) is 18.0 Å². The maximum Gasteiger partial charge on any atom is 0.0992 e. The molecule has 0 spiro atoms. The van der Waals surface area contributed by atoms with Crippen LogP contribution in [0.15, 0.2) is 18.2 Å². The number of nitrogens with zero attached hydrogens (tertiary/aromatic N) is 2. The van der Waals surface area contributed by atoms with Crippen LogP contribution in [0.5, 0.6) is 0 Å². The lowest BCUT2D eigenvalue weighted by Crippen LogP contribution is -2.55. The normalized spacial score (nSPS) is 29.2. The lowest BCUT2D eigenvalue weighted by atomic mass is 9.84. The monoisotopic (exact) mass is 275 g/mol. The van der Waals surface area contributed by atoms with Crippen LogP contribution >= 0.6 is 11.6 Å². The van der Waals surface area contributed by atoms with Crippen LogP contribution in [0.2, 0.25) is 5.02 Å². The van der Waals surface area contributed by atoms with Gasteiger partial charge < -0.3 is 10.2 Å². The summed E-state index contributed by atoms with van der Waals surface area (Å²) in [6.07, 6.45) is 2.64. The lowest BCUT2D eigenvalue weighted by Gasteiger charge is -2.45. The highest BCUT2D eigenvalue weighted by atomic mass is 35.5. The number of nitriles is 1. The quantitative estimate of drug-likeness (QED) is 0.921. The highest BCUT2D eigenvalue weighted by molar-refractivity contribution is 6.31. The molecule has 3 nitrogen and oxygen atoms in total. The zero-order valence-corrected chi connectivity index (χ0v) is 11.7. The molecule has 3 heterocycles. The molecular formula is C15H18ClN3. The Bertz CT molecular complexity index is 501. The summed E-state index contributed by atoms with van der Waals surface area (Å²) in [6.45, 7) is 4.49. The maximum atomic E-state index is 8.83. The van der Waals surface area contributed by atoms with Gasteiger partial charge in [0.25, 0.3) is 0 Å². The molecule has 1 atom stereocenters. The van der Waals surface area contributed by atoms with E-state index in [1.54, 1.807) is 6.07 Å². The predicted molar refractivity (Wildman–Crippen MR) is 76.0 cm³/mol. The number of benzene rings is 1. The van der Waals surface area contributed by atoms with E-state index in [4.69, 9.17) is 16.9 Å². The van der Waals surface area contributed by atoms with Crippen molar-refractivity contribution in [2.75, 3.05) is 19.6 Å². The molecule has 3 aliphatic heterocycles. The topological polar surface area (TPSA) is 39.1 Å². The Hall–Kier alpha value is -1.08. The van der Waals surface area contributed by atoms with Crippen molar-refractivity contribution >= 4 is 11.6 Å². The van der Waals surface area contributed by atoms with Crippen LogP contribution in [-0.2, 0) is 6.54 Å². The fraction of sp³-hybridized carbons (Fsp3) is 0.533. The Morgan fingerprint density at radius 3 is 2.74 bits per heavy atom. The third-order valence-electron chi connectivity index (χ3n) is 4.39. The lowest BCUT2D eigenvalue weighted by molar-refractivity contribution is 0.0720. The third kappa shape index (κ3) is 2.76. The summed E-state index contributed by atoms with van der Waals surface area (Å²) in [4.78, 5) is 2.54. The van der Waals surface area contributed by atoms with Crippen LogP contribution in [-0.4, -0.2) is 30.6 Å². The number of piperidine rings is 3. The van der Waals surface area contributed by atoms with Crippen molar-refractivity contribution in [3.8, 4) is 6.07 Å². The Balaban J connectivity index is 1.62. The summed E-state index contributed by atoms with van der Waals surface area (Å²) in [5, 5.41) is 13.2. The summed E-state index contributed by atoms with van der Waals surface area (Å²) in [5.41, 5.74) is 1.70. The number of halogens is 1. The molecule has 1 unspecified atom stereocenters. The number of rotatable bonds is 3. The van der Waals surface area contributed by atoms with Crippen LogP contribution in [0.1, 0.15) is 24.0 Å². The first-order valence-electron chi connectivity index (χ1n) is 6.90. The van der Waals surface area contributed by atoms with Gasteiger partial charge in [-0.1, -0.05) is 17.7 Å². The number of fused-ring (bicyclic) bond motifs is 3. The van der Waals surface area contributed by atoms with Gasteiger partial charge >= 0.3 is 0 Å². The first-order chi connectivity index (χ1) is 9.26. The Morgan fingerprint density at radius 2 is 2.16 bits per heavy atom. The van der Waals surface area contributed by atoms with Gasteiger partial charge in [0.1, 0.15) is 0 Å². The highest BCUT2D eigenvalue weighted by Crippen LogP contribution is 2.28. The molecule has 3 saturated heterocycles. The van der Waals surface area contributed by atoms with Crippen LogP contribution in [0.25, 0.3) is 0 Å². The van der Waals surface area contributed by atoms with Crippen molar-refractivity contribution < 1.29 is 0 Å². The molecule has 2 bridgehead atoms. The molecule has 1 N–H and O–H groups in total. The molecule has 0 saturated carbocycles. The Kier molecular flexibility index (Phi) is 3.74. The van der Waals surface area contributed by atoms with Gasteiger partial charge in [0.05, 0.1) is 11.6 Å². The molecule has 0 aliphatic carbocycles. The summed E-state index contributed by atoms with van der Waals surface area (Å²) in [5.74, 6) is 0.821. The van der Waals surface area contributed by atoms with E-state index < -0.39 is 0 Å². The van der Waals surface area contributed by atoms with Gasteiger partial charge in [-0.25, -0.2) is 0 Å². The SMILES string of the molecule is N#Cc1ccc(CNC2CN3CCC2CC3)c(Cl)c1. The van der Waals surface area contributed by atoms with E-state index in [9.17, 15) is 0 Å². The van der Waals surface area contributed by atoms with E-state index in [1.807, 2.05) is 12.1 Å². The van der Waals surface area contributed by atoms with Crippen molar-refractivity contribution in [1.29, 1.82) is 5.26 Å². The van der Waals surface area contributed by atoms with Crippen LogP contribution < -0.4 is 5.32 Å². The van der Waals surface area contributed by atoms with Crippen molar-refractivity contribution in [3.05, 3.63) is 34.3 Å². The fourth-order valence-corrected chi connectivity index (χ4v) is 3.44. The van der Waals surface area contributed by atoms with E-state index in [1.165, 1.54) is 32.5 Å². The summed E-state index contributed by atoms with van der Waals surface area (Å²) in [6, 6.07) is 8.23. The molecule has 0 amide bonds. The molecule has 19 heavy (non-hydrogen) atoms. The average Bonchev–Trinajstić information content (AvgIpc) is 2.47. The summed E-state index contributed by atoms with van der Waals surface area (Å²) < 4.78 is 0. The molecule has 3 fully saturated rings. The van der Waals surface area contributed by atoms with Gasteiger partial charge in [-0.05, 0) is 49.5 Å². The standard InChI is InChI=1S/C15H18ClN3/c16-14-7-11(8-17)1-2-13(14)9-18-15-10-19-5-3-12(15)4-6-19/h1-2,7,12,15,18H,3-6,9-10H2. The van der Waals surface area contributed by atoms with Crippen molar-refractivity contribution in [1.82, 2.24) is 10.2 Å². The Morgan fingerprint density at radius 1 is 1.37 bits per heavy atom. The second-order valence-corrected chi connectivity index (χ2v) is 5.95. The summed E-state index contributed by atoms with van der Waals surface area (Å²) in [7, 11) is 0. The van der Waals surface area contributed by atoms with Gasteiger partial charge in [0, 0.05) is 24.2 Å². The molecule has 100 valence electrons. The van der Waals surface area contributed by atoms with Crippen molar-refractivity contribution in [2.24, 2.45) is 5.92 Å². The van der Waals surface area contributed by atoms with E-state index >= 15 is 0 Å². The largest absolute Gasteiger partial charge is 0.308 e. The zero-order chi connectivity index (χ0) is 13.2. The summed E-state index contributed by atoms with van der Waals surface area (Å²) >= 11 is 6.20. The maximum absolute atomic E-state index is 8.83. The third-order valence-corrected chi connectivity index (χ3v) is 4.74. The molecule has 0 radical (unpaired) electrons. The first kappa shape index (κ1) is 12.9. The van der Waals surface area contributed by atoms with Gasteiger partial charge in [-0.3, -0.25) is 0 Å². The van der Waals surface area contributed by atoms with Crippen molar-refractivity contribution in [2.45, 2.75) is 25.4 Å². The Labute approximate surface area is 119 Å². The van der Waals surface area contributed by atoms with E-state index in [-0.39, 0.29) is 0 Å². The van der Waals surface area contributed by atoms with Gasteiger partial charge in [0.2, 0.25) is 0 Å². The average molecular weight is 276 g/mol. The van der Waals surface area contributed by atoms with Gasteiger partial charge in [-0.15, -0.1) is 0 Å². The van der Waals surface area contributed by atoms with Gasteiger partial charge in [0.15, 0.2) is 0 Å². The van der Waals surface area contributed by atoms with Crippen LogP contribution in [0, 0.1) is 17.2 Å². The number of nitrogens with one attached hydrogen (secondary N) is 1. The minimum atomic E-state index is 0.592. The fourth-order valence-electron chi connectivity index (χ4n) is 3.20. The van der Waals surface area contributed by atoms with Crippen molar-refractivity contribution in [3.63, 3.8) is 0 Å². The molecule has 3 aliphatic rings. The zero-order valence-electron chi connectivity index (χ0n) is 10.9.